The van der Waals surface area contributed by atoms with Crippen LogP contribution in [0.5, 0.6) is 0 Å². The summed E-state index contributed by atoms with van der Waals surface area (Å²) in [7, 11) is 0. The molecule has 0 fully saturated rings. The minimum absolute atomic E-state index is 0.153. The third-order valence-electron chi connectivity index (χ3n) is 8.85. The number of nitrogens with zero attached hydrogens (tertiary/aromatic N) is 1. The van der Waals surface area contributed by atoms with Crippen LogP contribution in [0.25, 0.3) is 11.1 Å². The molecule has 43 heavy (non-hydrogen) atoms. The lowest BCUT2D eigenvalue weighted by Crippen LogP contribution is -2.96. The molecule has 6 aromatic carbocycles. The molecule has 0 aliphatic heterocycles. The predicted molar refractivity (Wildman–Crippen MR) is 181 cm³/mol. The van der Waals surface area contributed by atoms with Gasteiger partial charge in [-0.15, -0.1) is 0 Å². The summed E-state index contributed by atoms with van der Waals surface area (Å²) in [5, 5.41) is 0. The Balaban J connectivity index is 1.34. The van der Waals surface area contributed by atoms with Crippen LogP contribution in [0.4, 0.5) is 34.1 Å². The lowest BCUT2D eigenvalue weighted by atomic mass is 9.82. The number of rotatable bonds is 6. The first-order valence-corrected chi connectivity index (χ1v) is 15.1. The Hall–Kier alpha value is -4.92. The summed E-state index contributed by atoms with van der Waals surface area (Å²) in [6.07, 6.45) is 0. The van der Waals surface area contributed by atoms with Crippen molar-refractivity contribution in [3.63, 3.8) is 0 Å². The largest absolute Gasteiger partial charge is 0.310 e. The number of nitrogens with one attached hydrogen (secondary N) is 1. The Morgan fingerprint density at radius 1 is 0.442 bits per heavy atom. The maximum atomic E-state index is 2.44. The SMILES string of the molecule is Cc1cccc(N(c2ccccc2)c2ccc3c(c2)C(C)(C)c2cc([NH+](c4ccccc4)c4cccc(C)c4)ccc2-3)c1. The zero-order valence-corrected chi connectivity index (χ0v) is 25.3. The summed E-state index contributed by atoms with van der Waals surface area (Å²) in [5.74, 6) is 0. The lowest BCUT2D eigenvalue weighted by Gasteiger charge is -2.28. The van der Waals surface area contributed by atoms with Gasteiger partial charge in [0.05, 0.1) is 0 Å². The molecule has 0 aromatic heterocycles. The molecule has 0 heterocycles. The zero-order chi connectivity index (χ0) is 29.6. The highest BCUT2D eigenvalue weighted by Crippen LogP contribution is 2.51. The van der Waals surface area contributed by atoms with Crippen molar-refractivity contribution in [3.8, 4) is 11.1 Å². The van der Waals surface area contributed by atoms with Crippen molar-refractivity contribution >= 4 is 34.1 Å². The van der Waals surface area contributed by atoms with Gasteiger partial charge in [0.1, 0.15) is 17.1 Å². The Morgan fingerprint density at radius 3 is 1.67 bits per heavy atom. The van der Waals surface area contributed by atoms with Crippen molar-refractivity contribution in [2.24, 2.45) is 0 Å². The van der Waals surface area contributed by atoms with Gasteiger partial charge >= 0.3 is 0 Å². The number of para-hydroxylation sites is 2. The fourth-order valence-corrected chi connectivity index (χ4v) is 6.72. The van der Waals surface area contributed by atoms with Gasteiger partial charge < -0.3 is 4.90 Å². The number of fused-ring (bicyclic) bond motifs is 3. The molecule has 0 spiro atoms. The molecule has 0 radical (unpaired) electrons. The van der Waals surface area contributed by atoms with E-state index in [4.69, 9.17) is 0 Å². The summed E-state index contributed by atoms with van der Waals surface area (Å²) in [6, 6.07) is 53.2. The molecule has 1 unspecified atom stereocenters. The molecular formula is C41H37N2+. The predicted octanol–water partition coefficient (Wildman–Crippen LogP) is 10.3. The van der Waals surface area contributed by atoms with Crippen LogP contribution in [0, 0.1) is 13.8 Å². The first-order valence-electron chi connectivity index (χ1n) is 15.1. The second kappa shape index (κ2) is 10.7. The van der Waals surface area contributed by atoms with Gasteiger partial charge in [0.15, 0.2) is 0 Å². The molecule has 1 atom stereocenters. The highest BCUT2D eigenvalue weighted by atomic mass is 15.1. The van der Waals surface area contributed by atoms with Gasteiger partial charge in [-0.2, -0.15) is 0 Å². The van der Waals surface area contributed by atoms with Crippen LogP contribution in [0.1, 0.15) is 36.1 Å². The third kappa shape index (κ3) is 4.84. The number of quaternary nitrogens is 1. The topological polar surface area (TPSA) is 7.68 Å². The minimum Gasteiger partial charge on any atom is -0.310 e. The molecule has 6 aromatic rings. The maximum absolute atomic E-state index is 2.44. The van der Waals surface area contributed by atoms with Crippen molar-refractivity contribution < 1.29 is 4.90 Å². The summed E-state index contributed by atoms with van der Waals surface area (Å²) in [5.41, 5.74) is 15.0. The molecule has 7 rings (SSSR count). The van der Waals surface area contributed by atoms with E-state index in [1.54, 1.807) is 0 Å². The Kier molecular flexibility index (Phi) is 6.72. The number of hydrogen-bond donors (Lipinski definition) is 1. The average Bonchev–Trinajstić information content (AvgIpc) is 3.24. The molecule has 0 saturated heterocycles. The standard InChI is InChI=1S/C41H36N2/c1-29-13-11-19-33(25-29)42(31-15-7-5-8-16-31)35-21-23-37-38-24-22-36(28-40(38)41(3,4)39(37)27-35)43(32-17-9-6-10-18-32)34-20-12-14-30(2)26-34/h5-28H,1-4H3/p+1. The van der Waals surface area contributed by atoms with Gasteiger partial charge in [-0.05, 0) is 108 Å². The highest BCUT2D eigenvalue weighted by Gasteiger charge is 2.37. The molecule has 2 nitrogen and oxygen atoms in total. The van der Waals surface area contributed by atoms with Crippen LogP contribution in [0.15, 0.2) is 146 Å². The summed E-state index contributed by atoms with van der Waals surface area (Å²) in [4.78, 5) is 3.64. The van der Waals surface area contributed by atoms with E-state index >= 15 is 0 Å². The summed E-state index contributed by atoms with van der Waals surface area (Å²) < 4.78 is 0. The van der Waals surface area contributed by atoms with E-state index in [0.717, 1.165) is 5.69 Å². The van der Waals surface area contributed by atoms with E-state index in [1.165, 1.54) is 66.7 Å². The fraction of sp³-hybridized carbons (Fsp3) is 0.122. The van der Waals surface area contributed by atoms with E-state index in [0.29, 0.717) is 0 Å². The molecule has 0 bridgehead atoms. The average molecular weight is 558 g/mol. The number of anilines is 3. The first-order chi connectivity index (χ1) is 20.9. The molecule has 0 amide bonds. The van der Waals surface area contributed by atoms with E-state index in [2.05, 4.69) is 178 Å². The van der Waals surface area contributed by atoms with Crippen molar-refractivity contribution in [1.82, 2.24) is 0 Å². The van der Waals surface area contributed by atoms with Gasteiger partial charge in [0.2, 0.25) is 0 Å². The van der Waals surface area contributed by atoms with E-state index in [-0.39, 0.29) is 5.41 Å². The number of aryl methyl sites for hydroxylation is 2. The zero-order valence-electron chi connectivity index (χ0n) is 25.3. The van der Waals surface area contributed by atoms with Gasteiger partial charge in [0, 0.05) is 40.7 Å². The normalized spacial score (nSPS) is 13.7. The second-order valence-electron chi connectivity index (χ2n) is 12.2. The Bertz CT molecular complexity index is 1780. The highest BCUT2D eigenvalue weighted by molar-refractivity contribution is 5.86. The van der Waals surface area contributed by atoms with E-state index in [9.17, 15) is 0 Å². The van der Waals surface area contributed by atoms with Gasteiger partial charge in [0.25, 0.3) is 0 Å². The van der Waals surface area contributed by atoms with Crippen molar-refractivity contribution in [1.29, 1.82) is 0 Å². The summed E-state index contributed by atoms with van der Waals surface area (Å²) in [6.45, 7) is 9.07. The van der Waals surface area contributed by atoms with Crippen molar-refractivity contribution in [2.75, 3.05) is 4.90 Å². The van der Waals surface area contributed by atoms with Gasteiger partial charge in [-0.25, -0.2) is 4.90 Å². The minimum atomic E-state index is -0.153. The maximum Gasteiger partial charge on any atom is 0.141 e. The summed E-state index contributed by atoms with van der Waals surface area (Å²) >= 11 is 0. The lowest BCUT2D eigenvalue weighted by molar-refractivity contribution is -0.681. The first kappa shape index (κ1) is 26.9. The van der Waals surface area contributed by atoms with Crippen LogP contribution >= 0.6 is 0 Å². The monoisotopic (exact) mass is 557 g/mol. The molecule has 0 saturated carbocycles. The Labute approximate surface area is 255 Å². The molecular weight excluding hydrogens is 520 g/mol. The number of hydrogen-bond acceptors (Lipinski definition) is 1. The Morgan fingerprint density at radius 2 is 0.977 bits per heavy atom. The van der Waals surface area contributed by atoms with E-state index < -0.39 is 0 Å². The van der Waals surface area contributed by atoms with Crippen LogP contribution in [0.3, 0.4) is 0 Å². The van der Waals surface area contributed by atoms with Crippen molar-refractivity contribution in [3.05, 3.63) is 168 Å². The molecule has 1 aliphatic carbocycles. The third-order valence-corrected chi connectivity index (χ3v) is 8.85. The smallest absolute Gasteiger partial charge is 0.141 e. The van der Waals surface area contributed by atoms with Crippen LogP contribution in [-0.4, -0.2) is 0 Å². The van der Waals surface area contributed by atoms with Gasteiger partial charge in [-0.1, -0.05) is 80.6 Å². The number of benzene rings is 6. The molecule has 1 aliphatic rings. The quantitative estimate of drug-likeness (QED) is 0.214. The fourth-order valence-electron chi connectivity index (χ4n) is 6.72. The van der Waals surface area contributed by atoms with Crippen LogP contribution < -0.4 is 9.80 Å². The molecule has 2 heteroatoms. The molecule has 210 valence electrons. The van der Waals surface area contributed by atoms with Crippen LogP contribution in [0.2, 0.25) is 0 Å². The van der Waals surface area contributed by atoms with E-state index in [1.807, 2.05) is 0 Å². The van der Waals surface area contributed by atoms with Crippen LogP contribution in [-0.2, 0) is 5.41 Å². The second-order valence-corrected chi connectivity index (χ2v) is 12.2. The van der Waals surface area contributed by atoms with Crippen molar-refractivity contribution in [2.45, 2.75) is 33.1 Å². The van der Waals surface area contributed by atoms with Gasteiger partial charge in [-0.3, -0.25) is 0 Å². The molecule has 1 N–H and O–H groups in total.